The predicted molar refractivity (Wildman–Crippen MR) is 93.5 cm³/mol. The summed E-state index contributed by atoms with van der Waals surface area (Å²) in [6.45, 7) is 4.18. The fraction of sp³-hybridized carbons (Fsp3) is 0.263. The highest BCUT2D eigenvalue weighted by molar-refractivity contribution is 5.96. The molecule has 1 aliphatic heterocycles. The molecule has 0 aromatic heterocycles. The van der Waals surface area contributed by atoms with Gasteiger partial charge in [0, 0.05) is 24.8 Å². The Morgan fingerprint density at radius 2 is 1.92 bits per heavy atom. The van der Waals surface area contributed by atoms with Crippen LogP contribution in [0.15, 0.2) is 42.5 Å². The SMILES string of the molecule is CC(=O)N1CCc2ccc(NC(=O)COc3ccc(C)cc3)cc21. The van der Waals surface area contributed by atoms with Gasteiger partial charge in [-0.2, -0.15) is 0 Å². The Labute approximate surface area is 141 Å². The summed E-state index contributed by atoms with van der Waals surface area (Å²) >= 11 is 0. The molecule has 1 aliphatic rings. The van der Waals surface area contributed by atoms with Crippen LogP contribution in [0, 0.1) is 6.92 Å². The monoisotopic (exact) mass is 324 g/mol. The van der Waals surface area contributed by atoms with Gasteiger partial charge in [-0.25, -0.2) is 0 Å². The fourth-order valence-corrected chi connectivity index (χ4v) is 2.76. The topological polar surface area (TPSA) is 58.6 Å². The van der Waals surface area contributed by atoms with Crippen molar-refractivity contribution < 1.29 is 14.3 Å². The van der Waals surface area contributed by atoms with E-state index in [2.05, 4.69) is 5.32 Å². The van der Waals surface area contributed by atoms with E-state index in [0.717, 1.165) is 23.2 Å². The number of ether oxygens (including phenoxy) is 1. The number of benzene rings is 2. The highest BCUT2D eigenvalue weighted by atomic mass is 16.5. The van der Waals surface area contributed by atoms with Gasteiger partial charge in [0.2, 0.25) is 5.91 Å². The van der Waals surface area contributed by atoms with Crippen LogP contribution in [0.1, 0.15) is 18.1 Å². The van der Waals surface area contributed by atoms with Gasteiger partial charge in [0.15, 0.2) is 6.61 Å². The van der Waals surface area contributed by atoms with Crippen molar-refractivity contribution in [2.75, 3.05) is 23.4 Å². The van der Waals surface area contributed by atoms with Crippen LogP contribution >= 0.6 is 0 Å². The Hall–Kier alpha value is -2.82. The Morgan fingerprint density at radius 1 is 1.17 bits per heavy atom. The van der Waals surface area contributed by atoms with E-state index in [9.17, 15) is 9.59 Å². The molecule has 0 fully saturated rings. The predicted octanol–water partition coefficient (Wildman–Crippen LogP) is 2.92. The number of hydrogen-bond donors (Lipinski definition) is 1. The smallest absolute Gasteiger partial charge is 0.262 e. The van der Waals surface area contributed by atoms with E-state index in [4.69, 9.17) is 4.74 Å². The van der Waals surface area contributed by atoms with Crippen molar-refractivity contribution in [2.45, 2.75) is 20.3 Å². The van der Waals surface area contributed by atoms with Crippen LogP contribution in [0.5, 0.6) is 5.75 Å². The molecule has 0 saturated heterocycles. The molecule has 0 unspecified atom stereocenters. The zero-order valence-corrected chi connectivity index (χ0v) is 13.8. The number of anilines is 2. The summed E-state index contributed by atoms with van der Waals surface area (Å²) in [6.07, 6.45) is 0.847. The molecule has 24 heavy (non-hydrogen) atoms. The second kappa shape index (κ2) is 6.74. The van der Waals surface area contributed by atoms with Gasteiger partial charge in [0.05, 0.1) is 0 Å². The first-order chi connectivity index (χ1) is 11.5. The summed E-state index contributed by atoms with van der Waals surface area (Å²) in [6, 6.07) is 13.2. The second-order valence-corrected chi connectivity index (χ2v) is 5.91. The number of rotatable bonds is 4. The average Bonchev–Trinajstić information content (AvgIpc) is 2.98. The maximum atomic E-state index is 12.1. The molecule has 0 spiro atoms. The maximum absolute atomic E-state index is 12.1. The molecule has 1 heterocycles. The number of nitrogens with zero attached hydrogens (tertiary/aromatic N) is 1. The van der Waals surface area contributed by atoms with Crippen molar-refractivity contribution >= 4 is 23.2 Å². The Kier molecular flexibility index (Phi) is 4.51. The van der Waals surface area contributed by atoms with Gasteiger partial charge in [0.1, 0.15) is 5.75 Å². The van der Waals surface area contributed by atoms with E-state index < -0.39 is 0 Å². The first-order valence-electron chi connectivity index (χ1n) is 7.93. The van der Waals surface area contributed by atoms with Crippen molar-refractivity contribution in [3.8, 4) is 5.75 Å². The quantitative estimate of drug-likeness (QED) is 0.941. The molecule has 5 heteroatoms. The average molecular weight is 324 g/mol. The number of fused-ring (bicyclic) bond motifs is 1. The third-order valence-corrected chi connectivity index (χ3v) is 4.04. The highest BCUT2D eigenvalue weighted by Crippen LogP contribution is 2.30. The van der Waals surface area contributed by atoms with Crippen LogP contribution in [0.25, 0.3) is 0 Å². The van der Waals surface area contributed by atoms with E-state index >= 15 is 0 Å². The summed E-state index contributed by atoms with van der Waals surface area (Å²) < 4.78 is 5.47. The van der Waals surface area contributed by atoms with Crippen LogP contribution < -0.4 is 15.0 Å². The fourth-order valence-electron chi connectivity index (χ4n) is 2.76. The summed E-state index contributed by atoms with van der Waals surface area (Å²) in [5, 5.41) is 2.81. The molecule has 2 amide bonds. The van der Waals surface area contributed by atoms with Gasteiger partial charge in [-0.05, 0) is 43.2 Å². The molecule has 124 valence electrons. The normalized spacial score (nSPS) is 12.7. The lowest BCUT2D eigenvalue weighted by Crippen LogP contribution is -2.26. The third-order valence-electron chi connectivity index (χ3n) is 4.04. The van der Waals surface area contributed by atoms with Gasteiger partial charge < -0.3 is 15.0 Å². The van der Waals surface area contributed by atoms with Crippen LogP contribution in [0.4, 0.5) is 11.4 Å². The number of carbonyl (C=O) groups excluding carboxylic acids is 2. The maximum Gasteiger partial charge on any atom is 0.262 e. The van der Waals surface area contributed by atoms with E-state index in [1.807, 2.05) is 49.4 Å². The van der Waals surface area contributed by atoms with Crippen molar-refractivity contribution in [2.24, 2.45) is 0 Å². The largest absolute Gasteiger partial charge is 0.484 e. The second-order valence-electron chi connectivity index (χ2n) is 5.91. The van der Waals surface area contributed by atoms with E-state index in [0.29, 0.717) is 18.0 Å². The van der Waals surface area contributed by atoms with Crippen LogP contribution in [0.2, 0.25) is 0 Å². The van der Waals surface area contributed by atoms with E-state index in [1.54, 1.807) is 11.8 Å². The van der Waals surface area contributed by atoms with Crippen LogP contribution in [-0.4, -0.2) is 25.0 Å². The molecule has 1 N–H and O–H groups in total. The molecule has 0 radical (unpaired) electrons. The van der Waals surface area contributed by atoms with Gasteiger partial charge in [-0.1, -0.05) is 23.8 Å². The van der Waals surface area contributed by atoms with Gasteiger partial charge in [-0.15, -0.1) is 0 Å². The molecule has 2 aromatic carbocycles. The molecule has 5 nitrogen and oxygen atoms in total. The minimum Gasteiger partial charge on any atom is -0.484 e. The first-order valence-corrected chi connectivity index (χ1v) is 7.93. The zero-order valence-electron chi connectivity index (χ0n) is 13.8. The number of nitrogens with one attached hydrogen (secondary N) is 1. The van der Waals surface area contributed by atoms with E-state index in [-0.39, 0.29) is 18.4 Å². The molecule has 0 saturated carbocycles. The minimum atomic E-state index is -0.233. The van der Waals surface area contributed by atoms with E-state index in [1.165, 1.54) is 0 Å². The Balaban J connectivity index is 1.62. The van der Waals surface area contributed by atoms with Gasteiger partial charge >= 0.3 is 0 Å². The van der Waals surface area contributed by atoms with Crippen molar-refractivity contribution in [3.05, 3.63) is 53.6 Å². The third kappa shape index (κ3) is 3.56. The lowest BCUT2D eigenvalue weighted by Gasteiger charge is -2.16. The Bertz CT molecular complexity index is 769. The molecule has 0 atom stereocenters. The molecule has 2 aromatic rings. The van der Waals surface area contributed by atoms with Gasteiger partial charge in [-0.3, -0.25) is 9.59 Å². The summed E-state index contributed by atoms with van der Waals surface area (Å²) in [4.78, 5) is 25.4. The minimum absolute atomic E-state index is 0.0138. The Morgan fingerprint density at radius 3 is 2.62 bits per heavy atom. The molecule has 0 bridgehead atoms. The standard InChI is InChI=1S/C19H20N2O3/c1-13-3-7-17(8-4-13)24-12-19(23)20-16-6-5-15-9-10-21(14(2)22)18(15)11-16/h3-8,11H,9-10,12H2,1-2H3,(H,20,23). The number of hydrogen-bond acceptors (Lipinski definition) is 3. The molecule has 0 aliphatic carbocycles. The zero-order chi connectivity index (χ0) is 17.1. The summed E-state index contributed by atoms with van der Waals surface area (Å²) in [5.41, 5.74) is 3.80. The number of amides is 2. The lowest BCUT2D eigenvalue weighted by molar-refractivity contribution is -0.118. The molecule has 3 rings (SSSR count). The number of aryl methyl sites for hydroxylation is 1. The molecular formula is C19H20N2O3. The lowest BCUT2D eigenvalue weighted by atomic mass is 10.1. The van der Waals surface area contributed by atoms with Crippen LogP contribution in [-0.2, 0) is 16.0 Å². The highest BCUT2D eigenvalue weighted by Gasteiger charge is 2.22. The summed E-state index contributed by atoms with van der Waals surface area (Å²) in [7, 11) is 0. The first kappa shape index (κ1) is 16.1. The molecular weight excluding hydrogens is 304 g/mol. The van der Waals surface area contributed by atoms with Crippen molar-refractivity contribution in [3.63, 3.8) is 0 Å². The van der Waals surface area contributed by atoms with Crippen LogP contribution in [0.3, 0.4) is 0 Å². The van der Waals surface area contributed by atoms with Crippen molar-refractivity contribution in [1.29, 1.82) is 0 Å². The summed E-state index contributed by atoms with van der Waals surface area (Å²) in [5.74, 6) is 0.440. The van der Waals surface area contributed by atoms with Crippen molar-refractivity contribution in [1.82, 2.24) is 0 Å². The number of carbonyl (C=O) groups is 2. The van der Waals surface area contributed by atoms with Gasteiger partial charge in [0.25, 0.3) is 5.91 Å².